The minimum absolute atomic E-state index is 0. The van der Waals surface area contributed by atoms with E-state index < -0.39 is 0 Å². The van der Waals surface area contributed by atoms with Crippen LogP contribution in [-0.4, -0.2) is 29.9 Å². The number of hydrogen-bond donors (Lipinski definition) is 1. The number of halogens is 2. The highest BCUT2D eigenvalue weighted by molar-refractivity contribution is 6.31. The van der Waals surface area contributed by atoms with Gasteiger partial charge in [0, 0.05) is 29.7 Å². The fraction of sp³-hybridized carbons (Fsp3) is 0.533. The molecule has 0 aromatic heterocycles. The molecular weight excluding hydrogens is 295 g/mol. The SMILES string of the molecule is Cc1c(Cl)cccc1C(=O)N1CCC(C)CC1CN.Cl. The third-order valence-electron chi connectivity index (χ3n) is 4.01. The van der Waals surface area contributed by atoms with Gasteiger partial charge in [-0.25, -0.2) is 0 Å². The molecule has 0 spiro atoms. The van der Waals surface area contributed by atoms with Crippen LogP contribution in [0.3, 0.4) is 0 Å². The fourth-order valence-electron chi connectivity index (χ4n) is 2.74. The van der Waals surface area contributed by atoms with Crippen molar-refractivity contribution in [2.24, 2.45) is 11.7 Å². The molecule has 1 heterocycles. The lowest BCUT2D eigenvalue weighted by Crippen LogP contribution is -2.49. The number of nitrogens with zero attached hydrogens (tertiary/aromatic N) is 1. The number of piperidine rings is 1. The van der Waals surface area contributed by atoms with Gasteiger partial charge >= 0.3 is 0 Å². The number of likely N-dealkylation sites (tertiary alicyclic amines) is 1. The zero-order valence-corrected chi connectivity index (χ0v) is 13.5. The largest absolute Gasteiger partial charge is 0.334 e. The molecular formula is C15H22Cl2N2O. The quantitative estimate of drug-likeness (QED) is 0.910. The van der Waals surface area contributed by atoms with Crippen molar-refractivity contribution in [3.63, 3.8) is 0 Å². The zero-order valence-electron chi connectivity index (χ0n) is 11.9. The molecule has 3 nitrogen and oxygen atoms in total. The average molecular weight is 317 g/mol. The number of benzene rings is 1. The molecule has 1 amide bonds. The molecule has 20 heavy (non-hydrogen) atoms. The van der Waals surface area contributed by atoms with Gasteiger partial charge in [-0.3, -0.25) is 4.79 Å². The summed E-state index contributed by atoms with van der Waals surface area (Å²) in [6.45, 7) is 5.41. The van der Waals surface area contributed by atoms with E-state index in [-0.39, 0.29) is 24.4 Å². The first kappa shape index (κ1) is 17.3. The molecule has 0 saturated carbocycles. The molecule has 1 saturated heterocycles. The van der Waals surface area contributed by atoms with Crippen molar-refractivity contribution in [2.45, 2.75) is 32.7 Å². The average Bonchev–Trinajstić information content (AvgIpc) is 2.41. The van der Waals surface area contributed by atoms with Gasteiger partial charge in [0.15, 0.2) is 0 Å². The number of carbonyl (C=O) groups excluding carboxylic acids is 1. The molecule has 2 unspecified atom stereocenters. The summed E-state index contributed by atoms with van der Waals surface area (Å²) in [7, 11) is 0. The van der Waals surface area contributed by atoms with Crippen LogP contribution in [0.2, 0.25) is 5.02 Å². The smallest absolute Gasteiger partial charge is 0.254 e. The Labute approximate surface area is 131 Å². The predicted octanol–water partition coefficient (Wildman–Crippen LogP) is 3.27. The van der Waals surface area contributed by atoms with Gasteiger partial charge in [0.2, 0.25) is 0 Å². The maximum absolute atomic E-state index is 12.7. The van der Waals surface area contributed by atoms with Crippen molar-refractivity contribution in [1.82, 2.24) is 4.90 Å². The van der Waals surface area contributed by atoms with Crippen LogP contribution < -0.4 is 5.73 Å². The topological polar surface area (TPSA) is 46.3 Å². The van der Waals surface area contributed by atoms with E-state index >= 15 is 0 Å². The van der Waals surface area contributed by atoms with Crippen LogP contribution in [-0.2, 0) is 0 Å². The van der Waals surface area contributed by atoms with Gasteiger partial charge in [0.05, 0.1) is 0 Å². The fourth-order valence-corrected chi connectivity index (χ4v) is 2.91. The van der Waals surface area contributed by atoms with Crippen LogP contribution in [0.4, 0.5) is 0 Å². The highest BCUT2D eigenvalue weighted by atomic mass is 35.5. The summed E-state index contributed by atoms with van der Waals surface area (Å²) in [4.78, 5) is 14.6. The number of rotatable bonds is 2. The van der Waals surface area contributed by atoms with Crippen LogP contribution in [0.5, 0.6) is 0 Å². The lowest BCUT2D eigenvalue weighted by atomic mass is 9.91. The van der Waals surface area contributed by atoms with Crippen LogP contribution in [0.1, 0.15) is 35.7 Å². The first-order valence-electron chi connectivity index (χ1n) is 6.80. The van der Waals surface area contributed by atoms with Gasteiger partial charge in [0.25, 0.3) is 5.91 Å². The summed E-state index contributed by atoms with van der Waals surface area (Å²) >= 11 is 6.09. The van der Waals surface area contributed by atoms with Crippen LogP contribution in [0.15, 0.2) is 18.2 Å². The van der Waals surface area contributed by atoms with Gasteiger partial charge in [-0.1, -0.05) is 24.6 Å². The number of hydrogen-bond acceptors (Lipinski definition) is 2. The Morgan fingerprint density at radius 2 is 2.20 bits per heavy atom. The van der Waals surface area contributed by atoms with Gasteiger partial charge in [-0.05, 0) is 43.4 Å². The van der Waals surface area contributed by atoms with Crippen molar-refractivity contribution in [1.29, 1.82) is 0 Å². The van der Waals surface area contributed by atoms with E-state index in [0.717, 1.165) is 24.9 Å². The van der Waals surface area contributed by atoms with Gasteiger partial charge in [-0.2, -0.15) is 0 Å². The Morgan fingerprint density at radius 3 is 2.85 bits per heavy atom. The minimum atomic E-state index is 0. The normalized spacial score (nSPS) is 22.3. The molecule has 2 rings (SSSR count). The van der Waals surface area contributed by atoms with E-state index in [1.165, 1.54) is 0 Å². The van der Waals surface area contributed by atoms with Crippen molar-refractivity contribution in [3.05, 3.63) is 34.3 Å². The maximum Gasteiger partial charge on any atom is 0.254 e. The zero-order chi connectivity index (χ0) is 14.0. The molecule has 0 bridgehead atoms. The van der Waals surface area contributed by atoms with E-state index in [9.17, 15) is 4.79 Å². The molecule has 1 fully saturated rings. The second kappa shape index (κ2) is 7.30. The van der Waals surface area contributed by atoms with Crippen molar-refractivity contribution in [3.8, 4) is 0 Å². The first-order valence-corrected chi connectivity index (χ1v) is 7.18. The van der Waals surface area contributed by atoms with Crippen molar-refractivity contribution >= 4 is 29.9 Å². The standard InChI is InChI=1S/C15H21ClN2O.ClH/c1-10-6-7-18(12(8-10)9-17)15(19)13-4-3-5-14(16)11(13)2;/h3-5,10,12H,6-9,17H2,1-2H3;1H. The Balaban J connectivity index is 0.00000200. The Kier molecular flexibility index (Phi) is 6.31. The number of carbonyl (C=O) groups is 1. The summed E-state index contributed by atoms with van der Waals surface area (Å²) in [5.74, 6) is 0.695. The van der Waals surface area contributed by atoms with Gasteiger partial charge in [-0.15, -0.1) is 12.4 Å². The Morgan fingerprint density at radius 1 is 1.50 bits per heavy atom. The molecule has 5 heteroatoms. The van der Waals surface area contributed by atoms with E-state index in [2.05, 4.69) is 6.92 Å². The molecule has 1 aromatic carbocycles. The minimum Gasteiger partial charge on any atom is -0.334 e. The van der Waals surface area contributed by atoms with E-state index in [1.807, 2.05) is 30.0 Å². The van der Waals surface area contributed by atoms with Crippen LogP contribution in [0, 0.1) is 12.8 Å². The second-order valence-corrected chi connectivity index (χ2v) is 5.84. The monoisotopic (exact) mass is 316 g/mol. The molecule has 1 aliphatic rings. The Hall–Kier alpha value is -0.770. The summed E-state index contributed by atoms with van der Waals surface area (Å²) in [5.41, 5.74) is 7.37. The van der Waals surface area contributed by atoms with E-state index in [1.54, 1.807) is 0 Å². The predicted molar refractivity (Wildman–Crippen MR) is 85.7 cm³/mol. The van der Waals surface area contributed by atoms with E-state index in [4.69, 9.17) is 17.3 Å². The van der Waals surface area contributed by atoms with Gasteiger partial charge in [0.1, 0.15) is 0 Å². The molecule has 112 valence electrons. The third-order valence-corrected chi connectivity index (χ3v) is 4.42. The van der Waals surface area contributed by atoms with E-state index in [0.29, 0.717) is 23.0 Å². The van der Waals surface area contributed by atoms with Crippen LogP contribution >= 0.6 is 24.0 Å². The molecule has 2 atom stereocenters. The molecule has 1 aromatic rings. The highest BCUT2D eigenvalue weighted by Gasteiger charge is 2.30. The maximum atomic E-state index is 12.7. The van der Waals surface area contributed by atoms with Crippen LogP contribution in [0.25, 0.3) is 0 Å². The van der Waals surface area contributed by atoms with Crippen molar-refractivity contribution < 1.29 is 4.79 Å². The second-order valence-electron chi connectivity index (χ2n) is 5.43. The number of nitrogens with two attached hydrogens (primary N) is 1. The first-order chi connectivity index (χ1) is 9.04. The molecule has 1 aliphatic heterocycles. The summed E-state index contributed by atoms with van der Waals surface area (Å²) < 4.78 is 0. The summed E-state index contributed by atoms with van der Waals surface area (Å²) in [6.07, 6.45) is 2.03. The number of amides is 1. The molecule has 0 radical (unpaired) electrons. The highest BCUT2D eigenvalue weighted by Crippen LogP contribution is 2.26. The summed E-state index contributed by atoms with van der Waals surface area (Å²) in [6, 6.07) is 5.63. The Bertz CT molecular complexity index is 479. The van der Waals surface area contributed by atoms with Gasteiger partial charge < -0.3 is 10.6 Å². The molecule has 2 N–H and O–H groups in total. The van der Waals surface area contributed by atoms with Crippen molar-refractivity contribution in [2.75, 3.05) is 13.1 Å². The lowest BCUT2D eigenvalue weighted by molar-refractivity contribution is 0.0573. The lowest BCUT2D eigenvalue weighted by Gasteiger charge is -2.38. The third kappa shape index (κ3) is 3.46. The summed E-state index contributed by atoms with van der Waals surface area (Å²) in [5, 5.41) is 0.639. The molecule has 0 aliphatic carbocycles.